The van der Waals surface area contributed by atoms with E-state index in [1.54, 1.807) is 0 Å². The van der Waals surface area contributed by atoms with Crippen LogP contribution in [0.5, 0.6) is 0 Å². The van der Waals surface area contributed by atoms with Gasteiger partial charge in [-0.1, -0.05) is 13.8 Å². The second-order valence-electron chi connectivity index (χ2n) is 6.91. The number of anilines is 2. The van der Waals surface area contributed by atoms with E-state index in [4.69, 9.17) is 12.2 Å². The van der Waals surface area contributed by atoms with Gasteiger partial charge in [-0.05, 0) is 50.2 Å². The summed E-state index contributed by atoms with van der Waals surface area (Å²) in [5, 5.41) is 7.01. The molecule has 2 fully saturated rings. The van der Waals surface area contributed by atoms with Gasteiger partial charge < -0.3 is 15.5 Å². The third-order valence-corrected chi connectivity index (χ3v) is 4.39. The number of rotatable bonds is 3. The lowest BCUT2D eigenvalue weighted by Crippen LogP contribution is -2.39. The van der Waals surface area contributed by atoms with Gasteiger partial charge in [-0.2, -0.15) is 4.98 Å². The highest BCUT2D eigenvalue weighted by Gasteiger charge is 2.24. The number of aromatic nitrogens is 2. The summed E-state index contributed by atoms with van der Waals surface area (Å²) in [6, 6.07) is 2.60. The van der Waals surface area contributed by atoms with E-state index in [1.807, 2.05) is 6.92 Å². The van der Waals surface area contributed by atoms with Crippen molar-refractivity contribution in [3.63, 3.8) is 0 Å². The van der Waals surface area contributed by atoms with Gasteiger partial charge in [-0.15, -0.1) is 0 Å². The molecule has 0 spiro atoms. The molecule has 2 unspecified atom stereocenters. The van der Waals surface area contributed by atoms with E-state index < -0.39 is 0 Å². The van der Waals surface area contributed by atoms with Crippen LogP contribution in [0, 0.1) is 18.8 Å². The molecule has 6 heteroatoms. The third-order valence-electron chi connectivity index (χ3n) is 4.17. The summed E-state index contributed by atoms with van der Waals surface area (Å²) in [6.07, 6.45) is 3.69. The summed E-state index contributed by atoms with van der Waals surface area (Å²) in [7, 11) is 0. The van der Waals surface area contributed by atoms with E-state index in [2.05, 4.69) is 45.4 Å². The summed E-state index contributed by atoms with van der Waals surface area (Å²) in [4.78, 5) is 11.5. The second kappa shape index (κ2) is 6.36. The highest BCUT2D eigenvalue weighted by atomic mass is 32.1. The minimum absolute atomic E-state index is 0.535. The normalized spacial score (nSPS) is 25.0. The Morgan fingerprint density at radius 3 is 2.55 bits per heavy atom. The highest BCUT2D eigenvalue weighted by molar-refractivity contribution is 7.80. The van der Waals surface area contributed by atoms with Gasteiger partial charge in [0.25, 0.3) is 0 Å². The molecular weight excluding hydrogens is 294 g/mol. The monoisotopic (exact) mass is 319 g/mol. The predicted molar refractivity (Wildman–Crippen MR) is 94.3 cm³/mol. The SMILES string of the molecule is Cc1cc(N2CC(C)CC(C)C2)nc(NC(=S)NC2CC2)n1. The summed E-state index contributed by atoms with van der Waals surface area (Å²) >= 11 is 5.32. The van der Waals surface area contributed by atoms with Crippen molar-refractivity contribution in [2.45, 2.75) is 46.1 Å². The Bertz CT molecular complexity index is 547. The first-order valence-corrected chi connectivity index (χ1v) is 8.58. The molecule has 0 radical (unpaired) electrons. The minimum Gasteiger partial charge on any atom is -0.360 e. The number of hydrogen-bond acceptors (Lipinski definition) is 4. The molecule has 2 N–H and O–H groups in total. The molecule has 0 aromatic carbocycles. The van der Waals surface area contributed by atoms with E-state index in [1.165, 1.54) is 19.3 Å². The molecule has 3 rings (SSSR count). The number of nitrogens with one attached hydrogen (secondary N) is 2. The molecule has 2 aliphatic rings. The predicted octanol–water partition coefficient (Wildman–Crippen LogP) is 2.72. The molecule has 1 aromatic rings. The molecule has 22 heavy (non-hydrogen) atoms. The highest BCUT2D eigenvalue weighted by Crippen LogP contribution is 2.26. The van der Waals surface area contributed by atoms with Crippen LogP contribution in [0.1, 0.15) is 38.8 Å². The first-order valence-electron chi connectivity index (χ1n) is 8.17. The van der Waals surface area contributed by atoms with Crippen molar-refractivity contribution in [1.29, 1.82) is 0 Å². The van der Waals surface area contributed by atoms with Gasteiger partial charge in [0, 0.05) is 30.9 Å². The van der Waals surface area contributed by atoms with E-state index in [0.717, 1.165) is 24.6 Å². The van der Waals surface area contributed by atoms with Crippen molar-refractivity contribution < 1.29 is 0 Å². The van der Waals surface area contributed by atoms with Gasteiger partial charge in [-0.25, -0.2) is 4.98 Å². The molecule has 2 atom stereocenters. The van der Waals surface area contributed by atoms with Gasteiger partial charge >= 0.3 is 0 Å². The molecule has 1 aliphatic carbocycles. The number of piperidine rings is 1. The van der Waals surface area contributed by atoms with Crippen molar-refractivity contribution in [3.8, 4) is 0 Å². The number of thiocarbonyl (C=S) groups is 1. The van der Waals surface area contributed by atoms with Crippen molar-refractivity contribution in [2.24, 2.45) is 11.8 Å². The van der Waals surface area contributed by atoms with Crippen LogP contribution in [0.3, 0.4) is 0 Å². The smallest absolute Gasteiger partial charge is 0.231 e. The molecular formula is C16H25N5S. The topological polar surface area (TPSA) is 53.1 Å². The largest absolute Gasteiger partial charge is 0.360 e. The Labute approximate surface area is 137 Å². The van der Waals surface area contributed by atoms with Crippen LogP contribution < -0.4 is 15.5 Å². The Kier molecular flexibility index (Phi) is 4.47. The minimum atomic E-state index is 0.535. The zero-order chi connectivity index (χ0) is 15.7. The molecule has 0 amide bonds. The number of aryl methyl sites for hydroxylation is 1. The molecule has 1 saturated heterocycles. The molecule has 120 valence electrons. The third kappa shape index (κ3) is 4.06. The average molecular weight is 319 g/mol. The maximum absolute atomic E-state index is 5.32. The van der Waals surface area contributed by atoms with Crippen LogP contribution in [0.15, 0.2) is 6.07 Å². The van der Waals surface area contributed by atoms with Crippen molar-refractivity contribution in [3.05, 3.63) is 11.8 Å². The zero-order valence-corrected chi connectivity index (χ0v) is 14.4. The first kappa shape index (κ1) is 15.5. The lowest BCUT2D eigenvalue weighted by Gasteiger charge is -2.36. The maximum atomic E-state index is 5.32. The van der Waals surface area contributed by atoms with Crippen LogP contribution in [0.2, 0.25) is 0 Å². The van der Waals surface area contributed by atoms with Gasteiger partial charge in [0.1, 0.15) is 5.82 Å². The van der Waals surface area contributed by atoms with Crippen LogP contribution in [0.25, 0.3) is 0 Å². The van der Waals surface area contributed by atoms with E-state index in [-0.39, 0.29) is 0 Å². The first-order chi connectivity index (χ1) is 10.5. The molecule has 5 nitrogen and oxygen atoms in total. The van der Waals surface area contributed by atoms with Gasteiger partial charge in [0.05, 0.1) is 0 Å². The second-order valence-corrected chi connectivity index (χ2v) is 7.32. The molecule has 0 bridgehead atoms. The standard InChI is InChI=1S/C16H25N5S/c1-10-6-11(2)9-21(8-10)14-7-12(3)17-15(19-14)20-16(22)18-13-4-5-13/h7,10-11,13H,4-6,8-9H2,1-3H3,(H2,17,18,19,20,22). The molecule has 1 aromatic heterocycles. The summed E-state index contributed by atoms with van der Waals surface area (Å²) < 4.78 is 0. The Morgan fingerprint density at radius 2 is 1.91 bits per heavy atom. The summed E-state index contributed by atoms with van der Waals surface area (Å²) in [5.74, 6) is 3.00. The number of nitrogens with zero attached hydrogens (tertiary/aromatic N) is 3. The lowest BCUT2D eigenvalue weighted by atomic mass is 9.92. The van der Waals surface area contributed by atoms with Gasteiger partial charge in [-0.3, -0.25) is 0 Å². The Balaban J connectivity index is 1.72. The van der Waals surface area contributed by atoms with Crippen molar-refractivity contribution in [2.75, 3.05) is 23.3 Å². The summed E-state index contributed by atoms with van der Waals surface area (Å²) in [5.41, 5.74) is 0.965. The van der Waals surface area contributed by atoms with E-state index in [0.29, 0.717) is 28.9 Å². The van der Waals surface area contributed by atoms with Gasteiger partial charge in [0.2, 0.25) is 5.95 Å². The van der Waals surface area contributed by atoms with Crippen LogP contribution in [-0.2, 0) is 0 Å². The van der Waals surface area contributed by atoms with Crippen LogP contribution in [-0.4, -0.2) is 34.2 Å². The zero-order valence-electron chi connectivity index (χ0n) is 13.6. The van der Waals surface area contributed by atoms with Crippen LogP contribution in [0.4, 0.5) is 11.8 Å². The summed E-state index contributed by atoms with van der Waals surface area (Å²) in [6.45, 7) is 8.75. The molecule has 1 aliphatic heterocycles. The fraction of sp³-hybridized carbons (Fsp3) is 0.688. The fourth-order valence-electron chi connectivity index (χ4n) is 3.17. The van der Waals surface area contributed by atoms with Crippen molar-refractivity contribution >= 4 is 29.1 Å². The molecule has 1 saturated carbocycles. The fourth-order valence-corrected chi connectivity index (χ4v) is 3.43. The maximum Gasteiger partial charge on any atom is 0.231 e. The lowest BCUT2D eigenvalue weighted by molar-refractivity contribution is 0.355. The average Bonchev–Trinajstić information content (AvgIpc) is 3.20. The Morgan fingerprint density at radius 1 is 1.23 bits per heavy atom. The van der Waals surface area contributed by atoms with Crippen LogP contribution >= 0.6 is 12.2 Å². The quantitative estimate of drug-likeness (QED) is 0.836. The Hall–Kier alpha value is -1.43. The molecule has 2 heterocycles. The van der Waals surface area contributed by atoms with Gasteiger partial charge in [0.15, 0.2) is 5.11 Å². The number of hydrogen-bond donors (Lipinski definition) is 2. The van der Waals surface area contributed by atoms with E-state index >= 15 is 0 Å². The van der Waals surface area contributed by atoms with Crippen molar-refractivity contribution in [1.82, 2.24) is 15.3 Å². The van der Waals surface area contributed by atoms with E-state index in [9.17, 15) is 0 Å².